The summed E-state index contributed by atoms with van der Waals surface area (Å²) in [5.74, 6) is -2.72. The zero-order valence-electron chi connectivity index (χ0n) is 24.6. The molecule has 0 radical (unpaired) electrons. The van der Waals surface area contributed by atoms with E-state index in [9.17, 15) is 24.3 Å². The van der Waals surface area contributed by atoms with Crippen LogP contribution in [0.2, 0.25) is 0 Å². The van der Waals surface area contributed by atoms with Gasteiger partial charge in [-0.05, 0) is 80.1 Å². The van der Waals surface area contributed by atoms with E-state index in [1.165, 1.54) is 12.5 Å². The molecule has 228 valence electrons. The number of aliphatic carboxylic acids is 1. The van der Waals surface area contributed by atoms with Gasteiger partial charge in [-0.2, -0.15) is 0 Å². The number of anilines is 1. The summed E-state index contributed by atoms with van der Waals surface area (Å²) >= 11 is 0. The van der Waals surface area contributed by atoms with Gasteiger partial charge in [-0.15, -0.1) is 0 Å². The van der Waals surface area contributed by atoms with E-state index < -0.39 is 29.3 Å². The third kappa shape index (κ3) is 6.59. The van der Waals surface area contributed by atoms with Gasteiger partial charge in [-0.1, -0.05) is 37.5 Å². The number of aromatic nitrogens is 1. The SMILES string of the molecule is CC(C)(NC(=O)Cn1c(-c2ccoc2)c(C2CCCCC2)c2ccc(C(=O)O)cc21)C(=O)Nc1ccc(/C=C/C(=O)O)cc1. The number of carboxylic acids is 2. The lowest BCUT2D eigenvalue weighted by atomic mass is 9.82. The predicted octanol–water partition coefficient (Wildman–Crippen LogP) is 6.28. The van der Waals surface area contributed by atoms with Crippen molar-refractivity contribution in [3.63, 3.8) is 0 Å². The lowest BCUT2D eigenvalue weighted by Gasteiger charge is -2.26. The van der Waals surface area contributed by atoms with Gasteiger partial charge < -0.3 is 29.8 Å². The molecule has 0 spiro atoms. The van der Waals surface area contributed by atoms with Crippen molar-refractivity contribution < 1.29 is 33.8 Å². The highest BCUT2D eigenvalue weighted by molar-refractivity contribution is 6.01. The molecule has 5 rings (SSSR count). The normalized spacial score (nSPS) is 14.1. The van der Waals surface area contributed by atoms with E-state index in [1.807, 2.05) is 16.7 Å². The number of furan rings is 1. The molecule has 2 aromatic carbocycles. The summed E-state index contributed by atoms with van der Waals surface area (Å²) in [6.45, 7) is 3.06. The number of carbonyl (C=O) groups is 4. The topological polar surface area (TPSA) is 151 Å². The largest absolute Gasteiger partial charge is 0.478 e. The quantitative estimate of drug-likeness (QED) is 0.157. The molecular formula is C34H35N3O7. The van der Waals surface area contributed by atoms with E-state index >= 15 is 0 Å². The van der Waals surface area contributed by atoms with Crippen LogP contribution in [0.4, 0.5) is 5.69 Å². The van der Waals surface area contributed by atoms with E-state index in [4.69, 9.17) is 9.52 Å². The minimum atomic E-state index is -1.30. The van der Waals surface area contributed by atoms with Crippen LogP contribution in [-0.4, -0.2) is 44.1 Å². The van der Waals surface area contributed by atoms with Crippen LogP contribution in [0.15, 0.2) is 71.6 Å². The molecule has 1 aliphatic rings. The third-order valence-corrected chi connectivity index (χ3v) is 8.07. The number of carbonyl (C=O) groups excluding carboxylic acids is 2. The van der Waals surface area contributed by atoms with Gasteiger partial charge in [0.2, 0.25) is 11.8 Å². The van der Waals surface area contributed by atoms with Crippen molar-refractivity contribution in [2.45, 2.75) is 64.0 Å². The highest BCUT2D eigenvalue weighted by Gasteiger charge is 2.32. The Morgan fingerprint density at radius 3 is 2.36 bits per heavy atom. The number of fused-ring (bicyclic) bond motifs is 1. The van der Waals surface area contributed by atoms with E-state index in [-0.39, 0.29) is 18.0 Å². The zero-order chi connectivity index (χ0) is 31.4. The summed E-state index contributed by atoms with van der Waals surface area (Å²) in [7, 11) is 0. The average Bonchev–Trinajstić information content (AvgIpc) is 3.63. The van der Waals surface area contributed by atoms with Crippen molar-refractivity contribution in [1.29, 1.82) is 0 Å². The van der Waals surface area contributed by atoms with Crippen molar-refractivity contribution in [2.24, 2.45) is 0 Å². The van der Waals surface area contributed by atoms with Crippen LogP contribution in [0.5, 0.6) is 0 Å². The fourth-order valence-electron chi connectivity index (χ4n) is 5.91. The van der Waals surface area contributed by atoms with Crippen molar-refractivity contribution in [2.75, 3.05) is 5.32 Å². The molecule has 2 aromatic heterocycles. The molecule has 1 saturated carbocycles. The third-order valence-electron chi connectivity index (χ3n) is 8.07. The molecule has 0 unspecified atom stereocenters. The molecule has 4 N–H and O–H groups in total. The molecular weight excluding hydrogens is 562 g/mol. The Morgan fingerprint density at radius 2 is 1.73 bits per heavy atom. The number of carboxylic acid groups (broad SMARTS) is 2. The lowest BCUT2D eigenvalue weighted by Crippen LogP contribution is -2.53. The van der Waals surface area contributed by atoms with Crippen LogP contribution in [0.25, 0.3) is 28.2 Å². The summed E-state index contributed by atoms with van der Waals surface area (Å²) in [4.78, 5) is 49.5. The van der Waals surface area contributed by atoms with Crippen LogP contribution in [-0.2, 0) is 20.9 Å². The molecule has 2 amide bonds. The monoisotopic (exact) mass is 597 g/mol. The number of benzene rings is 2. The van der Waals surface area contributed by atoms with Crippen LogP contribution < -0.4 is 10.6 Å². The van der Waals surface area contributed by atoms with Gasteiger partial charge in [0.15, 0.2) is 0 Å². The van der Waals surface area contributed by atoms with Crippen molar-refractivity contribution in [3.05, 3.63) is 83.8 Å². The molecule has 1 aliphatic carbocycles. The Bertz CT molecular complexity index is 1720. The number of aromatic carboxylic acids is 1. The summed E-state index contributed by atoms with van der Waals surface area (Å²) in [6, 6.07) is 13.5. The molecule has 44 heavy (non-hydrogen) atoms. The number of hydrogen-bond acceptors (Lipinski definition) is 5. The molecule has 0 saturated heterocycles. The van der Waals surface area contributed by atoms with Gasteiger partial charge in [0.1, 0.15) is 12.1 Å². The van der Waals surface area contributed by atoms with Crippen molar-refractivity contribution in [1.82, 2.24) is 9.88 Å². The van der Waals surface area contributed by atoms with Gasteiger partial charge in [0, 0.05) is 22.7 Å². The molecule has 10 heteroatoms. The van der Waals surface area contributed by atoms with E-state index in [1.54, 1.807) is 62.8 Å². The maximum Gasteiger partial charge on any atom is 0.335 e. The highest BCUT2D eigenvalue weighted by atomic mass is 16.4. The van der Waals surface area contributed by atoms with Crippen LogP contribution in [0.3, 0.4) is 0 Å². The Hall–Kier alpha value is -5.12. The molecule has 2 heterocycles. The van der Waals surface area contributed by atoms with Crippen LogP contribution in [0, 0.1) is 0 Å². The van der Waals surface area contributed by atoms with Crippen LogP contribution >= 0.6 is 0 Å². The molecule has 0 bridgehead atoms. The first kappa shape index (κ1) is 30.3. The van der Waals surface area contributed by atoms with E-state index in [0.29, 0.717) is 16.8 Å². The van der Waals surface area contributed by atoms with E-state index in [2.05, 4.69) is 10.6 Å². The highest BCUT2D eigenvalue weighted by Crippen LogP contribution is 2.44. The summed E-state index contributed by atoms with van der Waals surface area (Å²) in [5.41, 5.74) is 3.31. The van der Waals surface area contributed by atoms with Crippen molar-refractivity contribution >= 4 is 46.4 Å². The standard InChI is InChI=1S/C34H35N3O7/c1-34(2,33(43)35-25-12-8-21(9-13-25)10-15-29(39)40)36-28(38)19-37-27-18-23(32(41)42)11-14-26(27)30(22-6-4-3-5-7-22)31(37)24-16-17-44-20-24/h8-18,20,22H,3-7,19H2,1-2H3,(H,35,43)(H,36,38)(H,39,40)(H,41,42)/b15-10+. The molecule has 10 nitrogen and oxygen atoms in total. The fourth-order valence-corrected chi connectivity index (χ4v) is 5.91. The summed E-state index contributed by atoms with van der Waals surface area (Å²) < 4.78 is 7.28. The van der Waals surface area contributed by atoms with Crippen molar-refractivity contribution in [3.8, 4) is 11.3 Å². The average molecular weight is 598 g/mol. The van der Waals surface area contributed by atoms with Gasteiger partial charge >= 0.3 is 11.9 Å². The van der Waals surface area contributed by atoms with Gasteiger partial charge in [0.25, 0.3) is 0 Å². The molecule has 0 aliphatic heterocycles. The first-order valence-electron chi connectivity index (χ1n) is 14.6. The van der Waals surface area contributed by atoms with Gasteiger partial charge in [-0.3, -0.25) is 9.59 Å². The molecule has 4 aromatic rings. The zero-order valence-corrected chi connectivity index (χ0v) is 24.6. The summed E-state index contributed by atoms with van der Waals surface area (Å²) in [5, 5.41) is 25.1. The number of nitrogens with one attached hydrogen (secondary N) is 2. The minimum Gasteiger partial charge on any atom is -0.478 e. The number of nitrogens with zero attached hydrogens (tertiary/aromatic N) is 1. The van der Waals surface area contributed by atoms with Gasteiger partial charge in [-0.25, -0.2) is 9.59 Å². The first-order chi connectivity index (χ1) is 21.0. The Labute approximate surface area is 254 Å². The molecule has 1 fully saturated rings. The Balaban J connectivity index is 1.44. The second-order valence-electron chi connectivity index (χ2n) is 11.7. The van der Waals surface area contributed by atoms with Crippen LogP contribution in [0.1, 0.15) is 73.4 Å². The number of amides is 2. The summed E-state index contributed by atoms with van der Waals surface area (Å²) in [6.07, 6.45) is 11.0. The number of rotatable bonds is 10. The van der Waals surface area contributed by atoms with Gasteiger partial charge in [0.05, 0.1) is 29.3 Å². The fraction of sp³-hybridized carbons (Fsp3) is 0.294. The smallest absolute Gasteiger partial charge is 0.335 e. The minimum absolute atomic E-state index is 0.120. The predicted molar refractivity (Wildman–Crippen MR) is 166 cm³/mol. The lowest BCUT2D eigenvalue weighted by molar-refractivity contribution is -0.131. The first-order valence-corrected chi connectivity index (χ1v) is 14.6. The van der Waals surface area contributed by atoms with E-state index in [0.717, 1.165) is 54.0 Å². The number of hydrogen-bond donors (Lipinski definition) is 4. The Kier molecular flexibility index (Phi) is 8.71. The molecule has 0 atom stereocenters. The second-order valence-corrected chi connectivity index (χ2v) is 11.7. The maximum absolute atomic E-state index is 13.6. The Morgan fingerprint density at radius 1 is 1.00 bits per heavy atom. The second kappa shape index (κ2) is 12.6. The maximum atomic E-state index is 13.6.